The smallest absolute Gasteiger partial charge is 0.269 e. The molecule has 0 saturated carbocycles. The average Bonchev–Trinajstić information content (AvgIpc) is 2.52. The van der Waals surface area contributed by atoms with Crippen LogP contribution in [0.4, 0.5) is 5.69 Å². The summed E-state index contributed by atoms with van der Waals surface area (Å²) in [6, 6.07) is 10.7. The highest BCUT2D eigenvalue weighted by molar-refractivity contribution is 5.35. The Labute approximate surface area is 124 Å². The summed E-state index contributed by atoms with van der Waals surface area (Å²) in [6.45, 7) is 4.74. The Morgan fingerprint density at radius 3 is 2.86 bits per heavy atom. The Hall–Kier alpha value is -2.27. The van der Waals surface area contributed by atoms with E-state index >= 15 is 0 Å². The molecule has 110 valence electrons. The molecule has 1 heterocycles. The fraction of sp³-hybridized carbons (Fsp3) is 0.312. The normalized spacial score (nSPS) is 12.1. The van der Waals surface area contributed by atoms with Crippen LogP contribution in [0.1, 0.15) is 36.7 Å². The van der Waals surface area contributed by atoms with Crippen LogP contribution in [0, 0.1) is 10.1 Å². The minimum absolute atomic E-state index is 0.0246. The van der Waals surface area contributed by atoms with Crippen molar-refractivity contribution in [3.8, 4) is 0 Å². The summed E-state index contributed by atoms with van der Waals surface area (Å²) in [5.74, 6) is 0. The summed E-state index contributed by atoms with van der Waals surface area (Å²) in [6.07, 6.45) is 2.73. The van der Waals surface area contributed by atoms with E-state index in [-0.39, 0.29) is 16.7 Å². The van der Waals surface area contributed by atoms with Crippen LogP contribution in [0.3, 0.4) is 0 Å². The maximum atomic E-state index is 10.8. The minimum atomic E-state index is -0.371. The zero-order valence-electron chi connectivity index (χ0n) is 12.2. The number of benzene rings is 1. The summed E-state index contributed by atoms with van der Waals surface area (Å²) < 4.78 is 0. The third-order valence-corrected chi connectivity index (χ3v) is 3.52. The molecule has 1 N–H and O–H groups in total. The summed E-state index contributed by atoms with van der Waals surface area (Å²) in [7, 11) is 0. The first kappa shape index (κ1) is 15.1. The van der Waals surface area contributed by atoms with Crippen molar-refractivity contribution in [2.75, 3.05) is 0 Å². The first-order valence-electron chi connectivity index (χ1n) is 7.02. The van der Waals surface area contributed by atoms with Crippen LogP contribution < -0.4 is 5.32 Å². The number of rotatable bonds is 6. The molecular weight excluding hydrogens is 266 g/mol. The van der Waals surface area contributed by atoms with Gasteiger partial charge in [0.25, 0.3) is 5.69 Å². The van der Waals surface area contributed by atoms with Crippen molar-refractivity contribution < 1.29 is 4.92 Å². The molecule has 5 heteroatoms. The molecule has 0 saturated heterocycles. The quantitative estimate of drug-likeness (QED) is 0.652. The molecule has 0 amide bonds. The van der Waals surface area contributed by atoms with Crippen molar-refractivity contribution in [1.29, 1.82) is 0 Å². The minimum Gasteiger partial charge on any atom is -0.305 e. The Kier molecular flexibility index (Phi) is 5.00. The lowest BCUT2D eigenvalue weighted by molar-refractivity contribution is -0.384. The topological polar surface area (TPSA) is 68.1 Å². The first-order chi connectivity index (χ1) is 10.1. The number of nitrogens with zero attached hydrogens (tertiary/aromatic N) is 2. The Morgan fingerprint density at radius 2 is 2.14 bits per heavy atom. The molecule has 0 fully saturated rings. The Morgan fingerprint density at radius 1 is 1.33 bits per heavy atom. The first-order valence-corrected chi connectivity index (χ1v) is 7.02. The molecule has 0 radical (unpaired) electrons. The molecule has 0 aliphatic rings. The van der Waals surface area contributed by atoms with Crippen molar-refractivity contribution in [3.63, 3.8) is 0 Å². The SMILES string of the molecule is CCc1cccnc1CNC(C)c1cccc([N+](=O)[O-])c1. The lowest BCUT2D eigenvalue weighted by Gasteiger charge is -2.15. The van der Waals surface area contributed by atoms with E-state index in [1.54, 1.807) is 18.3 Å². The third kappa shape index (κ3) is 3.86. The van der Waals surface area contributed by atoms with Crippen LogP contribution in [0.25, 0.3) is 0 Å². The van der Waals surface area contributed by atoms with Crippen molar-refractivity contribution in [1.82, 2.24) is 10.3 Å². The zero-order chi connectivity index (χ0) is 15.2. The number of non-ortho nitro benzene ring substituents is 1. The summed E-state index contributed by atoms with van der Waals surface area (Å²) in [4.78, 5) is 14.8. The van der Waals surface area contributed by atoms with Crippen molar-refractivity contribution in [2.24, 2.45) is 0 Å². The lowest BCUT2D eigenvalue weighted by Crippen LogP contribution is -2.19. The summed E-state index contributed by atoms with van der Waals surface area (Å²) >= 11 is 0. The molecule has 0 aliphatic carbocycles. The van der Waals surface area contributed by atoms with E-state index in [1.807, 2.05) is 19.1 Å². The maximum Gasteiger partial charge on any atom is 0.269 e. The second-order valence-corrected chi connectivity index (χ2v) is 4.92. The fourth-order valence-electron chi connectivity index (χ4n) is 2.23. The van der Waals surface area contributed by atoms with Crippen LogP contribution in [-0.2, 0) is 13.0 Å². The molecule has 2 rings (SSSR count). The third-order valence-electron chi connectivity index (χ3n) is 3.52. The van der Waals surface area contributed by atoms with Gasteiger partial charge in [-0.25, -0.2) is 0 Å². The molecule has 1 aromatic heterocycles. The van der Waals surface area contributed by atoms with E-state index in [4.69, 9.17) is 0 Å². The maximum absolute atomic E-state index is 10.8. The molecule has 2 aromatic rings. The molecule has 0 bridgehead atoms. The van der Waals surface area contributed by atoms with Gasteiger partial charge >= 0.3 is 0 Å². The van der Waals surface area contributed by atoms with E-state index in [2.05, 4.69) is 23.3 Å². The van der Waals surface area contributed by atoms with Crippen molar-refractivity contribution >= 4 is 5.69 Å². The van der Waals surface area contributed by atoms with E-state index in [0.29, 0.717) is 6.54 Å². The largest absolute Gasteiger partial charge is 0.305 e. The van der Waals surface area contributed by atoms with Gasteiger partial charge in [-0.3, -0.25) is 15.1 Å². The van der Waals surface area contributed by atoms with E-state index < -0.39 is 0 Å². The van der Waals surface area contributed by atoms with Gasteiger partial charge in [-0.2, -0.15) is 0 Å². The van der Waals surface area contributed by atoms with Crippen LogP contribution in [-0.4, -0.2) is 9.91 Å². The van der Waals surface area contributed by atoms with Gasteiger partial charge in [0.2, 0.25) is 0 Å². The van der Waals surface area contributed by atoms with Crippen LogP contribution in [0.5, 0.6) is 0 Å². The average molecular weight is 285 g/mol. The number of pyridine rings is 1. The van der Waals surface area contributed by atoms with Gasteiger partial charge in [-0.1, -0.05) is 25.1 Å². The highest BCUT2D eigenvalue weighted by atomic mass is 16.6. The van der Waals surface area contributed by atoms with Gasteiger partial charge in [-0.15, -0.1) is 0 Å². The molecule has 21 heavy (non-hydrogen) atoms. The predicted octanol–water partition coefficient (Wildman–Crippen LogP) is 3.40. The van der Waals surface area contributed by atoms with Crippen molar-refractivity contribution in [3.05, 3.63) is 69.5 Å². The molecule has 1 unspecified atom stereocenters. The van der Waals surface area contributed by atoms with Gasteiger partial charge in [0, 0.05) is 30.9 Å². The number of nitro groups is 1. The number of nitro benzene ring substituents is 1. The molecule has 1 atom stereocenters. The number of hydrogen-bond acceptors (Lipinski definition) is 4. The Bertz CT molecular complexity index is 628. The van der Waals surface area contributed by atoms with Gasteiger partial charge in [-0.05, 0) is 30.5 Å². The van der Waals surface area contributed by atoms with Crippen LogP contribution in [0.2, 0.25) is 0 Å². The second kappa shape index (κ2) is 6.95. The van der Waals surface area contributed by atoms with E-state index in [1.165, 1.54) is 11.6 Å². The van der Waals surface area contributed by atoms with Crippen molar-refractivity contribution in [2.45, 2.75) is 32.9 Å². The molecular formula is C16H19N3O2. The number of nitrogens with one attached hydrogen (secondary N) is 1. The van der Waals surface area contributed by atoms with Gasteiger partial charge in [0.15, 0.2) is 0 Å². The second-order valence-electron chi connectivity index (χ2n) is 4.92. The lowest BCUT2D eigenvalue weighted by atomic mass is 10.1. The zero-order valence-corrected chi connectivity index (χ0v) is 12.2. The molecule has 0 aliphatic heterocycles. The van der Waals surface area contributed by atoms with Crippen LogP contribution in [0.15, 0.2) is 42.6 Å². The highest BCUT2D eigenvalue weighted by Gasteiger charge is 2.11. The summed E-state index contributed by atoms with van der Waals surface area (Å²) in [5.41, 5.74) is 3.26. The van der Waals surface area contributed by atoms with Gasteiger partial charge < -0.3 is 5.32 Å². The summed E-state index contributed by atoms with van der Waals surface area (Å²) in [5, 5.41) is 14.2. The molecule has 1 aromatic carbocycles. The van der Waals surface area contributed by atoms with E-state index in [9.17, 15) is 10.1 Å². The standard InChI is InChI=1S/C16H19N3O2/c1-3-13-7-5-9-17-16(13)11-18-12(2)14-6-4-8-15(10-14)19(20)21/h4-10,12,18H,3,11H2,1-2H3. The van der Waals surface area contributed by atoms with Crippen LogP contribution >= 0.6 is 0 Å². The Balaban J connectivity index is 2.06. The molecule has 5 nitrogen and oxygen atoms in total. The fourth-order valence-corrected chi connectivity index (χ4v) is 2.23. The number of hydrogen-bond donors (Lipinski definition) is 1. The number of aromatic nitrogens is 1. The monoisotopic (exact) mass is 285 g/mol. The van der Waals surface area contributed by atoms with Gasteiger partial charge in [0.1, 0.15) is 0 Å². The van der Waals surface area contributed by atoms with E-state index in [0.717, 1.165) is 17.7 Å². The highest BCUT2D eigenvalue weighted by Crippen LogP contribution is 2.19. The predicted molar refractivity (Wildman–Crippen MR) is 82.0 cm³/mol. The van der Waals surface area contributed by atoms with Gasteiger partial charge in [0.05, 0.1) is 10.6 Å². The molecule has 0 spiro atoms. The number of aryl methyl sites for hydroxylation is 1.